The van der Waals surface area contributed by atoms with Gasteiger partial charge in [0.25, 0.3) is 5.91 Å². The minimum absolute atomic E-state index is 0.104. The monoisotopic (exact) mass is 301 g/mol. The molecule has 0 aliphatic rings. The van der Waals surface area contributed by atoms with Crippen molar-refractivity contribution in [1.29, 1.82) is 0 Å². The van der Waals surface area contributed by atoms with Gasteiger partial charge in [-0.1, -0.05) is 11.3 Å². The molecule has 0 bridgehead atoms. The largest absolute Gasteiger partial charge is 0.375 e. The van der Waals surface area contributed by atoms with Gasteiger partial charge in [-0.15, -0.1) is 0 Å². The lowest BCUT2D eigenvalue weighted by molar-refractivity contribution is 0.0952. The van der Waals surface area contributed by atoms with Crippen molar-refractivity contribution >= 4 is 32.6 Å². The number of anilines is 1. The van der Waals surface area contributed by atoms with Gasteiger partial charge < -0.3 is 11.1 Å². The molecule has 0 radical (unpaired) electrons. The van der Waals surface area contributed by atoms with E-state index in [-0.39, 0.29) is 5.91 Å². The first-order chi connectivity index (χ1) is 10.1. The molecule has 2 heterocycles. The Balaban J connectivity index is 1.63. The van der Waals surface area contributed by atoms with Gasteiger partial charge in [-0.25, -0.2) is 4.98 Å². The smallest absolute Gasteiger partial charge is 0.251 e. The fourth-order valence-electron chi connectivity index (χ4n) is 2.06. The number of hydrogen-bond donors (Lipinski definition) is 2. The van der Waals surface area contributed by atoms with E-state index in [9.17, 15) is 4.79 Å². The topological polar surface area (TPSA) is 85.8 Å². The van der Waals surface area contributed by atoms with Crippen molar-refractivity contribution < 1.29 is 4.79 Å². The van der Waals surface area contributed by atoms with Crippen LogP contribution in [0.3, 0.4) is 0 Å². The number of carbonyl (C=O) groups excluding carboxylic acids is 1. The van der Waals surface area contributed by atoms with Crippen LogP contribution in [0.2, 0.25) is 0 Å². The molecular formula is C14H15N5OS. The number of benzene rings is 1. The molecule has 1 aromatic carbocycles. The number of amides is 1. The number of hydrogen-bond acceptors (Lipinski definition) is 5. The molecular weight excluding hydrogens is 286 g/mol. The number of nitrogen functional groups attached to an aromatic ring is 1. The molecule has 0 saturated heterocycles. The van der Waals surface area contributed by atoms with Gasteiger partial charge >= 0.3 is 0 Å². The van der Waals surface area contributed by atoms with E-state index in [4.69, 9.17) is 5.73 Å². The number of nitrogens with zero attached hydrogens (tertiary/aromatic N) is 3. The van der Waals surface area contributed by atoms with Crippen LogP contribution in [0.5, 0.6) is 0 Å². The van der Waals surface area contributed by atoms with E-state index in [1.807, 2.05) is 29.9 Å². The number of thiazole rings is 1. The number of nitrogens with two attached hydrogens (primary N) is 1. The van der Waals surface area contributed by atoms with Crippen molar-refractivity contribution in [2.45, 2.75) is 13.5 Å². The predicted octanol–water partition coefficient (Wildman–Crippen LogP) is 1.81. The molecule has 7 heteroatoms. The van der Waals surface area contributed by atoms with Crippen molar-refractivity contribution in [3.05, 3.63) is 41.7 Å². The highest BCUT2D eigenvalue weighted by Gasteiger charge is 2.08. The fourth-order valence-corrected chi connectivity index (χ4v) is 2.83. The zero-order valence-electron chi connectivity index (χ0n) is 11.5. The number of aromatic nitrogens is 3. The summed E-state index contributed by atoms with van der Waals surface area (Å²) in [7, 11) is 0. The average Bonchev–Trinajstić information content (AvgIpc) is 3.02. The Labute approximate surface area is 125 Å². The molecule has 0 saturated carbocycles. The molecule has 3 rings (SSSR count). The van der Waals surface area contributed by atoms with E-state index in [2.05, 4.69) is 15.4 Å². The standard InChI is InChI=1S/C14H15N5OS/c1-9-7-17-19(8-9)5-4-16-13(20)10-2-3-11-12(6-10)21-14(15)18-11/h2-3,6-8H,4-5H2,1H3,(H2,15,18)(H,16,20). The molecule has 2 aromatic heterocycles. The Kier molecular flexibility index (Phi) is 3.57. The van der Waals surface area contributed by atoms with E-state index in [1.165, 1.54) is 11.3 Å². The lowest BCUT2D eigenvalue weighted by atomic mass is 10.2. The van der Waals surface area contributed by atoms with Crippen LogP contribution in [0, 0.1) is 6.92 Å². The van der Waals surface area contributed by atoms with Gasteiger partial charge in [-0.3, -0.25) is 9.48 Å². The number of nitrogens with one attached hydrogen (secondary N) is 1. The van der Waals surface area contributed by atoms with E-state index >= 15 is 0 Å². The average molecular weight is 301 g/mol. The van der Waals surface area contributed by atoms with Crippen LogP contribution >= 0.6 is 11.3 Å². The van der Waals surface area contributed by atoms with Crippen molar-refractivity contribution in [2.24, 2.45) is 0 Å². The van der Waals surface area contributed by atoms with Gasteiger partial charge in [0.05, 0.1) is 23.0 Å². The van der Waals surface area contributed by atoms with E-state index in [1.54, 1.807) is 12.3 Å². The predicted molar refractivity (Wildman–Crippen MR) is 83.3 cm³/mol. The summed E-state index contributed by atoms with van der Waals surface area (Å²) in [6.07, 6.45) is 3.74. The Morgan fingerprint density at radius 3 is 3.10 bits per heavy atom. The number of rotatable bonds is 4. The minimum Gasteiger partial charge on any atom is -0.375 e. The highest BCUT2D eigenvalue weighted by Crippen LogP contribution is 2.24. The summed E-state index contributed by atoms with van der Waals surface area (Å²) in [5, 5.41) is 7.57. The highest BCUT2D eigenvalue weighted by atomic mass is 32.1. The SMILES string of the molecule is Cc1cnn(CCNC(=O)c2ccc3nc(N)sc3c2)c1. The molecule has 0 fully saturated rings. The lowest BCUT2D eigenvalue weighted by Gasteiger charge is -2.05. The van der Waals surface area contributed by atoms with Gasteiger partial charge in [0.15, 0.2) is 5.13 Å². The molecule has 0 spiro atoms. The van der Waals surface area contributed by atoms with Crippen LogP contribution in [0.1, 0.15) is 15.9 Å². The molecule has 0 unspecified atom stereocenters. The molecule has 6 nitrogen and oxygen atoms in total. The third-order valence-electron chi connectivity index (χ3n) is 3.06. The van der Waals surface area contributed by atoms with Crippen LogP contribution in [0.15, 0.2) is 30.6 Å². The van der Waals surface area contributed by atoms with E-state index < -0.39 is 0 Å². The van der Waals surface area contributed by atoms with Crippen molar-refractivity contribution in [3.8, 4) is 0 Å². The first kappa shape index (κ1) is 13.6. The summed E-state index contributed by atoms with van der Waals surface area (Å²) >= 11 is 1.38. The summed E-state index contributed by atoms with van der Waals surface area (Å²) in [6, 6.07) is 5.39. The number of carbonyl (C=O) groups is 1. The molecule has 108 valence electrons. The van der Waals surface area contributed by atoms with Crippen LogP contribution < -0.4 is 11.1 Å². The van der Waals surface area contributed by atoms with Gasteiger partial charge in [0.1, 0.15) is 0 Å². The number of aryl methyl sites for hydroxylation is 1. The second-order valence-corrected chi connectivity index (χ2v) is 5.83. The third-order valence-corrected chi connectivity index (χ3v) is 3.90. The first-order valence-corrected chi connectivity index (χ1v) is 7.37. The maximum absolute atomic E-state index is 12.1. The zero-order valence-corrected chi connectivity index (χ0v) is 12.4. The minimum atomic E-state index is -0.104. The van der Waals surface area contributed by atoms with Crippen LogP contribution in [-0.2, 0) is 6.54 Å². The summed E-state index contributed by atoms with van der Waals surface area (Å²) in [6.45, 7) is 3.16. The van der Waals surface area contributed by atoms with Crippen LogP contribution in [0.4, 0.5) is 5.13 Å². The molecule has 0 aliphatic carbocycles. The molecule has 3 aromatic rings. The maximum Gasteiger partial charge on any atom is 0.251 e. The number of fused-ring (bicyclic) bond motifs is 1. The van der Waals surface area contributed by atoms with Crippen LogP contribution in [-0.4, -0.2) is 27.2 Å². The molecule has 21 heavy (non-hydrogen) atoms. The van der Waals surface area contributed by atoms with Gasteiger partial charge in [0, 0.05) is 18.3 Å². The van der Waals surface area contributed by atoms with Crippen molar-refractivity contribution in [1.82, 2.24) is 20.1 Å². The second-order valence-electron chi connectivity index (χ2n) is 4.77. The molecule has 3 N–H and O–H groups in total. The summed E-state index contributed by atoms with van der Waals surface area (Å²) in [5.74, 6) is -0.104. The second kappa shape index (κ2) is 5.53. The summed E-state index contributed by atoms with van der Waals surface area (Å²) in [4.78, 5) is 16.3. The summed E-state index contributed by atoms with van der Waals surface area (Å²) < 4.78 is 2.73. The fraction of sp³-hybridized carbons (Fsp3) is 0.214. The zero-order chi connectivity index (χ0) is 14.8. The normalized spacial score (nSPS) is 10.9. The highest BCUT2D eigenvalue weighted by molar-refractivity contribution is 7.22. The van der Waals surface area contributed by atoms with Gasteiger partial charge in [0.2, 0.25) is 0 Å². The Hall–Kier alpha value is -2.41. The lowest BCUT2D eigenvalue weighted by Crippen LogP contribution is -2.27. The van der Waals surface area contributed by atoms with Gasteiger partial charge in [-0.2, -0.15) is 5.10 Å². The molecule has 0 atom stereocenters. The molecule has 1 amide bonds. The first-order valence-electron chi connectivity index (χ1n) is 6.55. The Morgan fingerprint density at radius 1 is 1.48 bits per heavy atom. The van der Waals surface area contributed by atoms with E-state index in [0.717, 1.165) is 15.8 Å². The summed E-state index contributed by atoms with van der Waals surface area (Å²) in [5.41, 5.74) is 8.20. The Morgan fingerprint density at radius 2 is 2.33 bits per heavy atom. The van der Waals surface area contributed by atoms with Crippen LogP contribution in [0.25, 0.3) is 10.2 Å². The maximum atomic E-state index is 12.1. The Bertz CT molecular complexity index is 792. The van der Waals surface area contributed by atoms with Crippen molar-refractivity contribution in [2.75, 3.05) is 12.3 Å². The third kappa shape index (κ3) is 3.03. The molecule has 0 aliphatic heterocycles. The quantitative estimate of drug-likeness (QED) is 0.769. The van der Waals surface area contributed by atoms with E-state index in [0.29, 0.717) is 23.8 Å². The van der Waals surface area contributed by atoms with Crippen molar-refractivity contribution in [3.63, 3.8) is 0 Å². The van der Waals surface area contributed by atoms with Gasteiger partial charge in [-0.05, 0) is 30.7 Å².